The Kier molecular flexibility index (Phi) is 2.72. The van der Waals surface area contributed by atoms with Crippen LogP contribution < -0.4 is 0 Å². The van der Waals surface area contributed by atoms with Crippen LogP contribution >= 0.6 is 11.3 Å². The highest BCUT2D eigenvalue weighted by molar-refractivity contribution is 7.15. The SMILES string of the molecule is CCOC(=O)c1nnc(-n2cccn2)s1. The van der Waals surface area contributed by atoms with Crippen molar-refractivity contribution in [1.82, 2.24) is 20.0 Å². The average Bonchev–Trinajstić information content (AvgIpc) is 2.89. The molecule has 0 aliphatic rings. The highest BCUT2D eigenvalue weighted by Gasteiger charge is 2.14. The number of nitrogens with zero attached hydrogens (tertiary/aromatic N) is 4. The Morgan fingerprint density at radius 1 is 1.60 bits per heavy atom. The predicted octanol–water partition coefficient (Wildman–Crippen LogP) is 0.901. The lowest BCUT2D eigenvalue weighted by molar-refractivity contribution is 0.0525. The minimum Gasteiger partial charge on any atom is -0.461 e. The molecule has 78 valence electrons. The quantitative estimate of drug-likeness (QED) is 0.724. The Hall–Kier alpha value is -1.76. The first kappa shape index (κ1) is 9.78. The summed E-state index contributed by atoms with van der Waals surface area (Å²) >= 11 is 1.14. The van der Waals surface area contributed by atoms with Crippen molar-refractivity contribution in [2.75, 3.05) is 6.61 Å². The summed E-state index contributed by atoms with van der Waals surface area (Å²) in [6, 6.07) is 1.77. The molecular weight excluding hydrogens is 216 g/mol. The number of esters is 1. The van der Waals surface area contributed by atoms with Gasteiger partial charge in [0.15, 0.2) is 0 Å². The second kappa shape index (κ2) is 4.18. The molecule has 2 aromatic heterocycles. The van der Waals surface area contributed by atoms with E-state index >= 15 is 0 Å². The summed E-state index contributed by atoms with van der Waals surface area (Å²) in [6.07, 6.45) is 3.36. The second-order valence-corrected chi connectivity index (χ2v) is 3.52. The van der Waals surface area contributed by atoms with E-state index in [-0.39, 0.29) is 5.01 Å². The molecule has 0 saturated heterocycles. The molecule has 0 bridgehead atoms. The maximum atomic E-state index is 11.3. The number of carbonyl (C=O) groups excluding carboxylic acids is 1. The van der Waals surface area contributed by atoms with Gasteiger partial charge in [0.25, 0.3) is 0 Å². The average molecular weight is 224 g/mol. The molecule has 0 spiro atoms. The van der Waals surface area contributed by atoms with Crippen LogP contribution in [0.4, 0.5) is 0 Å². The molecule has 0 atom stereocenters. The first-order valence-corrected chi connectivity index (χ1v) is 5.13. The summed E-state index contributed by atoms with van der Waals surface area (Å²) in [4.78, 5) is 11.3. The largest absolute Gasteiger partial charge is 0.461 e. The van der Waals surface area contributed by atoms with Crippen molar-refractivity contribution in [2.24, 2.45) is 0 Å². The number of aromatic nitrogens is 4. The van der Waals surface area contributed by atoms with Crippen molar-refractivity contribution >= 4 is 17.3 Å². The van der Waals surface area contributed by atoms with Crippen LogP contribution in [0, 0.1) is 0 Å². The van der Waals surface area contributed by atoms with Gasteiger partial charge in [-0.1, -0.05) is 11.3 Å². The normalized spacial score (nSPS) is 10.2. The maximum Gasteiger partial charge on any atom is 0.369 e. The Morgan fingerprint density at radius 3 is 3.13 bits per heavy atom. The standard InChI is InChI=1S/C8H8N4O2S/c1-2-14-7(13)6-10-11-8(15-6)12-5-3-4-9-12/h3-5H,2H2,1H3. The molecule has 15 heavy (non-hydrogen) atoms. The first-order valence-electron chi connectivity index (χ1n) is 4.32. The molecule has 0 aromatic carbocycles. The Balaban J connectivity index is 2.21. The van der Waals surface area contributed by atoms with Gasteiger partial charge in [-0.25, -0.2) is 9.48 Å². The van der Waals surface area contributed by atoms with Gasteiger partial charge >= 0.3 is 5.97 Å². The van der Waals surface area contributed by atoms with Crippen LogP contribution in [0.25, 0.3) is 5.13 Å². The number of carbonyl (C=O) groups is 1. The molecule has 0 N–H and O–H groups in total. The maximum absolute atomic E-state index is 11.3. The third-order valence-corrected chi connectivity index (χ3v) is 2.46. The Morgan fingerprint density at radius 2 is 2.47 bits per heavy atom. The molecular formula is C8H8N4O2S. The van der Waals surface area contributed by atoms with Crippen LogP contribution in [0.1, 0.15) is 16.7 Å². The van der Waals surface area contributed by atoms with Gasteiger partial charge in [0.05, 0.1) is 6.61 Å². The lowest BCUT2D eigenvalue weighted by Gasteiger charge is -1.94. The molecule has 0 unspecified atom stereocenters. The molecule has 0 amide bonds. The molecule has 6 nitrogen and oxygen atoms in total. The van der Waals surface area contributed by atoms with Gasteiger partial charge in [-0.15, -0.1) is 10.2 Å². The van der Waals surface area contributed by atoms with E-state index in [9.17, 15) is 4.79 Å². The van der Waals surface area contributed by atoms with Crippen LogP contribution in [0.3, 0.4) is 0 Å². The molecule has 2 aromatic rings. The minimum absolute atomic E-state index is 0.238. The predicted molar refractivity (Wildman–Crippen MR) is 53.0 cm³/mol. The first-order chi connectivity index (χ1) is 7.31. The lowest BCUT2D eigenvalue weighted by Crippen LogP contribution is -2.03. The molecule has 2 heterocycles. The monoisotopic (exact) mass is 224 g/mol. The Bertz CT molecular complexity index is 451. The molecule has 2 rings (SSSR count). The summed E-state index contributed by atoms with van der Waals surface area (Å²) < 4.78 is 6.34. The topological polar surface area (TPSA) is 69.9 Å². The number of hydrogen-bond donors (Lipinski definition) is 0. The highest BCUT2D eigenvalue weighted by atomic mass is 32.1. The smallest absolute Gasteiger partial charge is 0.369 e. The van der Waals surface area contributed by atoms with Crippen molar-refractivity contribution in [2.45, 2.75) is 6.92 Å². The summed E-state index contributed by atoms with van der Waals surface area (Å²) in [6.45, 7) is 2.07. The van der Waals surface area contributed by atoms with Crippen LogP contribution in [-0.2, 0) is 4.74 Å². The molecule has 7 heteroatoms. The zero-order valence-corrected chi connectivity index (χ0v) is 8.77. The third-order valence-electron chi connectivity index (χ3n) is 1.56. The van der Waals surface area contributed by atoms with E-state index in [1.165, 1.54) is 0 Å². The van der Waals surface area contributed by atoms with Gasteiger partial charge < -0.3 is 4.74 Å². The second-order valence-electron chi connectivity index (χ2n) is 2.56. The number of rotatable bonds is 3. The van der Waals surface area contributed by atoms with Gasteiger partial charge in [-0.3, -0.25) is 0 Å². The molecule has 0 radical (unpaired) electrons. The fourth-order valence-corrected chi connectivity index (χ4v) is 1.65. The van der Waals surface area contributed by atoms with Crippen molar-refractivity contribution in [3.05, 3.63) is 23.5 Å². The molecule has 0 saturated carbocycles. The zero-order valence-electron chi connectivity index (χ0n) is 7.95. The van der Waals surface area contributed by atoms with Gasteiger partial charge in [-0.05, 0) is 13.0 Å². The van der Waals surface area contributed by atoms with E-state index in [2.05, 4.69) is 15.3 Å². The van der Waals surface area contributed by atoms with E-state index in [1.54, 1.807) is 30.1 Å². The molecule has 0 aliphatic carbocycles. The van der Waals surface area contributed by atoms with E-state index in [4.69, 9.17) is 4.74 Å². The Labute approximate surface area is 89.5 Å². The van der Waals surface area contributed by atoms with E-state index in [0.29, 0.717) is 11.7 Å². The number of ether oxygens (including phenoxy) is 1. The van der Waals surface area contributed by atoms with Gasteiger partial charge in [0, 0.05) is 12.4 Å². The van der Waals surface area contributed by atoms with Crippen LogP contribution in [0.15, 0.2) is 18.5 Å². The fraction of sp³-hybridized carbons (Fsp3) is 0.250. The lowest BCUT2D eigenvalue weighted by atomic mass is 10.7. The number of hydrogen-bond acceptors (Lipinski definition) is 6. The van der Waals surface area contributed by atoms with E-state index in [0.717, 1.165) is 11.3 Å². The van der Waals surface area contributed by atoms with Gasteiger partial charge in [0.2, 0.25) is 10.1 Å². The zero-order chi connectivity index (χ0) is 10.7. The third kappa shape index (κ3) is 2.01. The molecule has 0 fully saturated rings. The van der Waals surface area contributed by atoms with Crippen molar-refractivity contribution in [3.8, 4) is 5.13 Å². The van der Waals surface area contributed by atoms with Crippen molar-refractivity contribution < 1.29 is 9.53 Å². The minimum atomic E-state index is -0.451. The van der Waals surface area contributed by atoms with E-state index in [1.807, 2.05) is 0 Å². The highest BCUT2D eigenvalue weighted by Crippen LogP contribution is 2.14. The van der Waals surface area contributed by atoms with Gasteiger partial charge in [-0.2, -0.15) is 5.10 Å². The molecule has 0 aliphatic heterocycles. The van der Waals surface area contributed by atoms with Gasteiger partial charge in [0.1, 0.15) is 0 Å². The summed E-state index contributed by atoms with van der Waals surface area (Å²) in [5.41, 5.74) is 0. The van der Waals surface area contributed by atoms with Crippen molar-refractivity contribution in [1.29, 1.82) is 0 Å². The fourth-order valence-electron chi connectivity index (χ4n) is 0.965. The van der Waals surface area contributed by atoms with Crippen LogP contribution in [-0.4, -0.2) is 32.6 Å². The summed E-state index contributed by atoms with van der Waals surface area (Å²) in [5.74, 6) is -0.451. The van der Waals surface area contributed by atoms with Crippen LogP contribution in [0.5, 0.6) is 0 Å². The van der Waals surface area contributed by atoms with E-state index < -0.39 is 5.97 Å². The van der Waals surface area contributed by atoms with Crippen molar-refractivity contribution in [3.63, 3.8) is 0 Å². The van der Waals surface area contributed by atoms with Crippen LogP contribution in [0.2, 0.25) is 0 Å². The summed E-state index contributed by atoms with van der Waals surface area (Å²) in [5, 5.41) is 12.3. The summed E-state index contributed by atoms with van der Waals surface area (Å²) in [7, 11) is 0.